The smallest absolute Gasteiger partial charge is 0.340 e. The minimum atomic E-state index is -0.395. The van der Waals surface area contributed by atoms with Gasteiger partial charge in [-0.15, -0.1) is 11.3 Å². The summed E-state index contributed by atoms with van der Waals surface area (Å²) in [6.45, 7) is 4.29. The molecule has 1 heterocycles. The first-order valence-corrected chi connectivity index (χ1v) is 7.96. The lowest BCUT2D eigenvalue weighted by molar-refractivity contribution is 0.0601. The first-order valence-electron chi connectivity index (χ1n) is 6.70. The Morgan fingerprint density at radius 1 is 1.33 bits per heavy atom. The summed E-state index contributed by atoms with van der Waals surface area (Å²) < 4.78 is 4.83. The van der Waals surface area contributed by atoms with Gasteiger partial charge in [-0.3, -0.25) is 0 Å². The van der Waals surface area contributed by atoms with Crippen LogP contribution in [0.1, 0.15) is 35.1 Å². The number of esters is 1. The summed E-state index contributed by atoms with van der Waals surface area (Å²) in [5.41, 5.74) is 1.19. The molecule has 112 valence electrons. The van der Waals surface area contributed by atoms with E-state index < -0.39 is 5.97 Å². The second-order valence-electron chi connectivity index (χ2n) is 5.06. The highest BCUT2D eigenvalue weighted by molar-refractivity contribution is 7.10. The molecule has 2 rings (SSSR count). The quantitative estimate of drug-likeness (QED) is 0.787. The van der Waals surface area contributed by atoms with Gasteiger partial charge in [0.2, 0.25) is 0 Å². The van der Waals surface area contributed by atoms with Crippen molar-refractivity contribution in [2.24, 2.45) is 5.92 Å². The number of nitrogens with one attached hydrogen (secondary N) is 1. The summed E-state index contributed by atoms with van der Waals surface area (Å²) in [6.07, 6.45) is 0. The van der Waals surface area contributed by atoms with Crippen molar-refractivity contribution in [2.45, 2.75) is 19.9 Å². The summed E-state index contributed by atoms with van der Waals surface area (Å²) in [5.74, 6) is -0.0153. The van der Waals surface area contributed by atoms with Crippen LogP contribution in [0.3, 0.4) is 0 Å². The van der Waals surface area contributed by atoms with E-state index in [2.05, 4.69) is 30.6 Å². The molecule has 0 aliphatic carbocycles. The minimum absolute atomic E-state index is 0.134. The number of hydrogen-bond donors (Lipinski definition) is 1. The van der Waals surface area contributed by atoms with Crippen molar-refractivity contribution in [2.75, 3.05) is 12.4 Å². The van der Waals surface area contributed by atoms with Crippen LogP contribution in [0, 0.1) is 5.92 Å². The van der Waals surface area contributed by atoms with Gasteiger partial charge in [-0.25, -0.2) is 4.79 Å². The van der Waals surface area contributed by atoms with Gasteiger partial charge in [-0.1, -0.05) is 31.5 Å². The zero-order valence-corrected chi connectivity index (χ0v) is 13.8. The number of carbonyl (C=O) groups is 1. The van der Waals surface area contributed by atoms with E-state index in [1.807, 2.05) is 12.1 Å². The van der Waals surface area contributed by atoms with Crippen LogP contribution in [0.2, 0.25) is 5.02 Å². The molecule has 0 fully saturated rings. The van der Waals surface area contributed by atoms with Crippen molar-refractivity contribution in [3.8, 4) is 0 Å². The first kappa shape index (κ1) is 15.9. The fourth-order valence-electron chi connectivity index (χ4n) is 2.12. The average Bonchev–Trinajstić information content (AvgIpc) is 2.98. The molecule has 0 radical (unpaired) electrons. The Balaban J connectivity index is 2.35. The Bertz CT molecular complexity index is 611. The van der Waals surface area contributed by atoms with Gasteiger partial charge in [-0.05, 0) is 35.6 Å². The van der Waals surface area contributed by atoms with Crippen LogP contribution >= 0.6 is 22.9 Å². The van der Waals surface area contributed by atoms with Crippen molar-refractivity contribution in [1.29, 1.82) is 0 Å². The molecule has 0 amide bonds. The average molecular weight is 324 g/mol. The molecule has 2 aromatic rings. The highest BCUT2D eigenvalue weighted by Gasteiger charge is 2.20. The fourth-order valence-corrected chi connectivity index (χ4v) is 3.24. The summed E-state index contributed by atoms with van der Waals surface area (Å²) in [4.78, 5) is 13.1. The van der Waals surface area contributed by atoms with Crippen molar-refractivity contribution in [1.82, 2.24) is 0 Å². The van der Waals surface area contributed by atoms with E-state index in [1.54, 1.807) is 23.5 Å². The number of ether oxygens (including phenoxy) is 1. The van der Waals surface area contributed by atoms with Crippen molar-refractivity contribution < 1.29 is 9.53 Å². The number of thiophene rings is 1. The third-order valence-electron chi connectivity index (χ3n) is 3.21. The monoisotopic (exact) mass is 323 g/mol. The molecule has 5 heteroatoms. The second kappa shape index (κ2) is 6.96. The molecule has 0 bridgehead atoms. The highest BCUT2D eigenvalue weighted by Crippen LogP contribution is 2.32. The highest BCUT2D eigenvalue weighted by atomic mass is 35.5. The maximum atomic E-state index is 11.9. The van der Waals surface area contributed by atoms with E-state index in [-0.39, 0.29) is 6.04 Å². The zero-order chi connectivity index (χ0) is 15.4. The van der Waals surface area contributed by atoms with Crippen molar-refractivity contribution >= 4 is 34.6 Å². The van der Waals surface area contributed by atoms with Crippen LogP contribution < -0.4 is 5.32 Å². The van der Waals surface area contributed by atoms with Crippen molar-refractivity contribution in [3.05, 3.63) is 51.2 Å². The van der Waals surface area contributed by atoms with Gasteiger partial charge in [0.15, 0.2) is 0 Å². The van der Waals surface area contributed by atoms with Gasteiger partial charge < -0.3 is 10.1 Å². The van der Waals surface area contributed by atoms with E-state index in [1.165, 1.54) is 12.0 Å². The molecule has 1 atom stereocenters. The summed E-state index contributed by atoms with van der Waals surface area (Å²) in [5, 5.41) is 6.01. The maximum Gasteiger partial charge on any atom is 0.340 e. The standard InChI is InChI=1S/C16H18ClNO2S/c1-10(2)15(14-5-4-8-21-14)18-13-7-6-11(17)9-12(13)16(19)20-3/h4-10,15,18H,1-3H3. The van der Waals surface area contributed by atoms with Crippen LogP contribution in [-0.2, 0) is 4.74 Å². The Kier molecular flexibility index (Phi) is 5.26. The summed E-state index contributed by atoms with van der Waals surface area (Å²) >= 11 is 7.68. The zero-order valence-electron chi connectivity index (χ0n) is 12.2. The minimum Gasteiger partial charge on any atom is -0.465 e. The molecule has 1 aromatic carbocycles. The normalized spacial score (nSPS) is 12.2. The largest absolute Gasteiger partial charge is 0.465 e. The third kappa shape index (κ3) is 3.77. The van der Waals surface area contributed by atoms with Gasteiger partial charge in [0.25, 0.3) is 0 Å². The van der Waals surface area contributed by atoms with Crippen LogP contribution in [0.4, 0.5) is 5.69 Å². The molecule has 0 aliphatic heterocycles. The Morgan fingerprint density at radius 2 is 2.10 bits per heavy atom. The van der Waals surface area contributed by atoms with Gasteiger partial charge >= 0.3 is 5.97 Å². The van der Waals surface area contributed by atoms with E-state index >= 15 is 0 Å². The van der Waals surface area contributed by atoms with Gasteiger partial charge in [0, 0.05) is 15.6 Å². The molecular formula is C16H18ClNO2S. The summed E-state index contributed by atoms with van der Waals surface area (Å²) in [7, 11) is 1.37. The van der Waals surface area contributed by atoms with E-state index in [9.17, 15) is 4.79 Å². The number of anilines is 1. The van der Waals surface area contributed by atoms with E-state index in [0.29, 0.717) is 16.5 Å². The van der Waals surface area contributed by atoms with Gasteiger partial charge in [0.05, 0.1) is 18.7 Å². The number of carbonyl (C=O) groups excluding carboxylic acids is 1. The maximum absolute atomic E-state index is 11.9. The predicted octanol–water partition coefficient (Wildman–Crippen LogP) is 5.00. The summed E-state index contributed by atoms with van der Waals surface area (Å²) in [6, 6.07) is 9.46. The van der Waals surface area contributed by atoms with E-state index in [0.717, 1.165) is 5.69 Å². The molecule has 0 spiro atoms. The fraction of sp³-hybridized carbons (Fsp3) is 0.312. The Hall–Kier alpha value is -1.52. The molecular weight excluding hydrogens is 306 g/mol. The van der Waals surface area contributed by atoms with Gasteiger partial charge in [-0.2, -0.15) is 0 Å². The Morgan fingerprint density at radius 3 is 2.67 bits per heavy atom. The molecule has 0 saturated carbocycles. The lowest BCUT2D eigenvalue weighted by atomic mass is 10.0. The molecule has 0 aliphatic rings. The Labute approximate surface area is 133 Å². The van der Waals surface area contributed by atoms with Crippen LogP contribution in [0.15, 0.2) is 35.7 Å². The molecule has 1 unspecified atom stereocenters. The molecule has 21 heavy (non-hydrogen) atoms. The number of rotatable bonds is 5. The lowest BCUT2D eigenvalue weighted by Gasteiger charge is -2.23. The first-order chi connectivity index (χ1) is 10.0. The van der Waals surface area contributed by atoms with Gasteiger partial charge in [0.1, 0.15) is 0 Å². The molecule has 1 N–H and O–H groups in total. The lowest BCUT2D eigenvalue weighted by Crippen LogP contribution is -2.18. The van der Waals surface area contributed by atoms with Crippen LogP contribution in [0.25, 0.3) is 0 Å². The van der Waals surface area contributed by atoms with Crippen LogP contribution in [-0.4, -0.2) is 13.1 Å². The topological polar surface area (TPSA) is 38.3 Å². The molecule has 0 saturated heterocycles. The molecule has 1 aromatic heterocycles. The van der Waals surface area contributed by atoms with E-state index in [4.69, 9.17) is 16.3 Å². The second-order valence-corrected chi connectivity index (χ2v) is 6.48. The number of halogens is 1. The number of hydrogen-bond acceptors (Lipinski definition) is 4. The van der Waals surface area contributed by atoms with Crippen molar-refractivity contribution in [3.63, 3.8) is 0 Å². The molecule has 3 nitrogen and oxygen atoms in total. The van der Waals surface area contributed by atoms with Crippen LogP contribution in [0.5, 0.6) is 0 Å². The number of methoxy groups -OCH3 is 1. The SMILES string of the molecule is COC(=O)c1cc(Cl)ccc1NC(c1cccs1)C(C)C. The predicted molar refractivity (Wildman–Crippen MR) is 88.3 cm³/mol. The third-order valence-corrected chi connectivity index (χ3v) is 4.40. The number of benzene rings is 1.